The van der Waals surface area contributed by atoms with Gasteiger partial charge in [0.15, 0.2) is 5.82 Å². The van der Waals surface area contributed by atoms with Gasteiger partial charge >= 0.3 is 0 Å². The number of amides is 7. The maximum Gasteiger partial charge on any atom is 0.262 e. The summed E-state index contributed by atoms with van der Waals surface area (Å²) in [5.74, 6) is -2.48. The molecule has 1 unspecified atom stereocenters. The van der Waals surface area contributed by atoms with Crippen molar-refractivity contribution in [3.8, 4) is 11.3 Å². The molecule has 20 heteroatoms. The molecule has 87 heavy (non-hydrogen) atoms. The number of rotatable bonds is 12. The zero-order chi connectivity index (χ0) is 60.7. The highest BCUT2D eigenvalue weighted by Gasteiger charge is 2.56. The molecular weight excluding hydrogens is 1110 g/mol. The third-order valence-corrected chi connectivity index (χ3v) is 19.5. The summed E-state index contributed by atoms with van der Waals surface area (Å²) < 4.78 is 17.9. The van der Waals surface area contributed by atoms with Crippen molar-refractivity contribution in [3.63, 3.8) is 0 Å². The first-order valence-electron chi connectivity index (χ1n) is 31.0. The topological polar surface area (TPSA) is 223 Å². The van der Waals surface area contributed by atoms with E-state index in [2.05, 4.69) is 33.0 Å². The molecule has 1 saturated carbocycles. The number of carbonyl (C=O) groups excluding carboxylic acids is 7. The summed E-state index contributed by atoms with van der Waals surface area (Å²) in [6, 6.07) is 22.2. The Morgan fingerprint density at radius 1 is 0.759 bits per heavy atom. The molecule has 5 fully saturated rings. The van der Waals surface area contributed by atoms with E-state index in [1.165, 1.54) is 31.4 Å². The monoisotopic (exact) mass is 1180 g/mol. The standard InChI is InChI=1S/C67H74FN11O8/c1-37(2)70-60(81)48-34-52(50(68)30-39(48)5)72-59-58-53(69-36-77(58)38(3)4)35-51(71-59)43-16-17-49-55(31-43)78(45-32-44(33-45)74-24-7-6-8-25-74)66(87)67(49)22-28-76(29-23-67)63(84)42-14-12-41(13-15-42)62(83)75-26-20-40(21-27-75)46-10-9-11-47-57(46)65(86)79(64(47)85)54-18-19-56(80)73-61(54)82/h9-17,30-31,34-38,40,44-45,54,56,80H,6-8,18-29,32-33H2,1-5H3,(H,70,81)(H,71,72)(H,73,82)/t44-,45+,54-,56?/m0/s1. The zero-order valence-electron chi connectivity index (χ0n) is 49.9. The molecule has 2 atom stereocenters. The number of aryl methyl sites for hydroxylation is 1. The fourth-order valence-corrected chi connectivity index (χ4v) is 14.7. The number of benzene rings is 4. The van der Waals surface area contributed by atoms with Gasteiger partial charge in [0.2, 0.25) is 11.8 Å². The number of imide groups is 1. The summed E-state index contributed by atoms with van der Waals surface area (Å²) in [5.41, 5.74) is 6.68. The van der Waals surface area contributed by atoms with Gasteiger partial charge in [-0.05, 0) is 189 Å². The summed E-state index contributed by atoms with van der Waals surface area (Å²) in [4.78, 5) is 116. The molecule has 4 N–H and O–H groups in total. The highest BCUT2D eigenvalue weighted by atomic mass is 19.1. The lowest BCUT2D eigenvalue weighted by Crippen LogP contribution is -2.58. The number of aliphatic hydroxyl groups is 1. The SMILES string of the molecule is Cc1cc(F)c(Nc2nc(-c3ccc4c(c3)N([C@H]3C[C@@H](N5CCCCC5)C3)C(=O)C43CCN(C(=O)c4ccc(C(=O)N5CCC(c6cccc7c6C(=O)N([C@H]6CCC(O)NC6=O)C7=O)CC5)cc4)CC3)cc3ncn(C(C)C)c23)cc1C(=O)NC(C)C. The first-order chi connectivity index (χ1) is 41.9. The minimum absolute atomic E-state index is 0.00430. The van der Waals surface area contributed by atoms with Crippen LogP contribution in [0, 0.1) is 12.7 Å². The van der Waals surface area contributed by atoms with Crippen LogP contribution >= 0.6 is 0 Å². The largest absolute Gasteiger partial charge is 0.374 e. The van der Waals surface area contributed by atoms with Crippen molar-refractivity contribution in [3.05, 3.63) is 136 Å². The van der Waals surface area contributed by atoms with Crippen LogP contribution in [0.15, 0.2) is 85.2 Å². The number of carbonyl (C=O) groups is 7. The minimum atomic E-state index is -1.02. The van der Waals surface area contributed by atoms with Crippen molar-refractivity contribution in [1.82, 2.24) is 44.8 Å². The number of hydrogen-bond acceptors (Lipinski definition) is 12. The number of halogens is 1. The summed E-state index contributed by atoms with van der Waals surface area (Å²) >= 11 is 0. The van der Waals surface area contributed by atoms with Crippen LogP contribution < -0.4 is 20.9 Å². The van der Waals surface area contributed by atoms with Crippen LogP contribution in [0.25, 0.3) is 22.3 Å². The molecule has 0 bridgehead atoms. The number of fused-ring (bicyclic) bond motifs is 4. The molecule has 13 rings (SSSR count). The normalized spacial score (nSPS) is 22.3. The molecule has 6 aromatic rings. The summed E-state index contributed by atoms with van der Waals surface area (Å²) in [6.07, 6.45) is 8.43. The third-order valence-electron chi connectivity index (χ3n) is 19.5. The summed E-state index contributed by atoms with van der Waals surface area (Å²) in [5, 5.41) is 18.5. The fraction of sp³-hybridized carbons (Fsp3) is 0.448. The number of imidazole rings is 1. The van der Waals surface area contributed by atoms with Crippen LogP contribution in [0.1, 0.15) is 179 Å². The van der Waals surface area contributed by atoms with Crippen LogP contribution in [-0.2, 0) is 15.0 Å². The number of hydrogen-bond donors (Lipinski definition) is 4. The van der Waals surface area contributed by atoms with E-state index in [1.807, 2.05) is 55.4 Å². The Bertz CT molecular complexity index is 3800. The Labute approximate surface area is 504 Å². The van der Waals surface area contributed by atoms with Crippen molar-refractivity contribution < 1.29 is 43.1 Å². The summed E-state index contributed by atoms with van der Waals surface area (Å²) in [6.45, 7) is 13.2. The second-order valence-corrected chi connectivity index (χ2v) is 25.5. The van der Waals surface area contributed by atoms with Gasteiger partial charge < -0.3 is 45.2 Å². The lowest BCUT2D eigenvalue weighted by atomic mass is 9.73. The second-order valence-electron chi connectivity index (χ2n) is 25.5. The van der Waals surface area contributed by atoms with Crippen LogP contribution in [0.3, 0.4) is 0 Å². The molecule has 4 saturated heterocycles. The Balaban J connectivity index is 0.716. The number of piperidine rings is 4. The zero-order valence-corrected chi connectivity index (χ0v) is 49.9. The molecular formula is C67H74FN11O8. The molecule has 19 nitrogen and oxygen atoms in total. The smallest absolute Gasteiger partial charge is 0.262 e. The molecule has 1 aliphatic carbocycles. The maximum atomic E-state index is 16.0. The van der Waals surface area contributed by atoms with Crippen LogP contribution in [0.4, 0.5) is 21.6 Å². The van der Waals surface area contributed by atoms with E-state index >= 15 is 9.18 Å². The van der Waals surface area contributed by atoms with E-state index in [-0.39, 0.29) is 71.8 Å². The van der Waals surface area contributed by atoms with Gasteiger partial charge in [0, 0.05) is 78.3 Å². The van der Waals surface area contributed by atoms with E-state index in [0.29, 0.717) is 108 Å². The molecule has 452 valence electrons. The van der Waals surface area contributed by atoms with Crippen LogP contribution in [0.2, 0.25) is 0 Å². The number of pyridine rings is 1. The van der Waals surface area contributed by atoms with Crippen molar-refractivity contribution in [2.24, 2.45) is 0 Å². The lowest BCUT2D eigenvalue weighted by Gasteiger charge is -2.48. The van der Waals surface area contributed by atoms with Gasteiger partial charge in [-0.3, -0.25) is 38.5 Å². The van der Waals surface area contributed by atoms with Gasteiger partial charge in [0.05, 0.1) is 39.8 Å². The van der Waals surface area contributed by atoms with E-state index < -0.39 is 41.2 Å². The molecule has 6 aliphatic heterocycles. The average Bonchev–Trinajstić information content (AvgIpc) is 1.58. The molecule has 2 aromatic heterocycles. The molecule has 7 aliphatic rings. The molecule has 4 aromatic carbocycles. The van der Waals surface area contributed by atoms with Crippen LogP contribution in [0.5, 0.6) is 0 Å². The minimum Gasteiger partial charge on any atom is -0.374 e. The quantitative estimate of drug-likeness (QED) is 0.0845. The first kappa shape index (κ1) is 57.7. The Morgan fingerprint density at radius 3 is 2.11 bits per heavy atom. The number of anilines is 3. The van der Waals surface area contributed by atoms with E-state index in [9.17, 15) is 33.9 Å². The van der Waals surface area contributed by atoms with E-state index in [1.54, 1.807) is 59.4 Å². The highest BCUT2D eigenvalue weighted by molar-refractivity contribution is 6.23. The van der Waals surface area contributed by atoms with Gasteiger partial charge in [0.25, 0.3) is 29.5 Å². The van der Waals surface area contributed by atoms with Crippen molar-refractivity contribution in [2.75, 3.05) is 49.5 Å². The average molecular weight is 1180 g/mol. The lowest BCUT2D eigenvalue weighted by molar-refractivity contribution is -0.131. The summed E-state index contributed by atoms with van der Waals surface area (Å²) in [7, 11) is 0. The van der Waals surface area contributed by atoms with E-state index in [0.717, 1.165) is 53.2 Å². The third kappa shape index (κ3) is 10.2. The number of likely N-dealkylation sites (tertiary alicyclic amines) is 3. The second kappa shape index (κ2) is 22.7. The number of nitrogens with zero attached hydrogens (tertiary/aromatic N) is 8. The Morgan fingerprint density at radius 2 is 1.45 bits per heavy atom. The van der Waals surface area contributed by atoms with Gasteiger partial charge in [0.1, 0.15) is 23.6 Å². The number of aliphatic hydroxyl groups excluding tert-OH is 1. The Kier molecular flexibility index (Phi) is 15.1. The predicted octanol–water partition coefficient (Wildman–Crippen LogP) is 8.76. The van der Waals surface area contributed by atoms with Crippen molar-refractivity contribution >= 4 is 69.6 Å². The number of nitrogens with one attached hydrogen (secondary N) is 3. The van der Waals surface area contributed by atoms with Crippen molar-refractivity contribution in [1.29, 1.82) is 0 Å². The maximum absolute atomic E-state index is 16.0. The van der Waals surface area contributed by atoms with Gasteiger partial charge in [-0.25, -0.2) is 14.4 Å². The Hall–Kier alpha value is -8.36. The van der Waals surface area contributed by atoms with E-state index in [4.69, 9.17) is 9.97 Å². The van der Waals surface area contributed by atoms with Gasteiger partial charge in [-0.1, -0.05) is 30.7 Å². The van der Waals surface area contributed by atoms with Gasteiger partial charge in [-0.2, -0.15) is 0 Å². The predicted molar refractivity (Wildman–Crippen MR) is 325 cm³/mol. The highest BCUT2D eigenvalue weighted by Crippen LogP contribution is 2.53. The molecule has 0 radical (unpaired) electrons. The molecule has 1 spiro atoms. The first-order valence-corrected chi connectivity index (χ1v) is 31.0. The number of aromatic nitrogens is 3. The van der Waals surface area contributed by atoms with Crippen molar-refractivity contribution in [2.45, 2.75) is 153 Å². The fourth-order valence-electron chi connectivity index (χ4n) is 14.7. The van der Waals surface area contributed by atoms with Crippen LogP contribution in [-0.4, -0.2) is 150 Å². The molecule has 7 amide bonds. The molecule has 8 heterocycles. The van der Waals surface area contributed by atoms with Gasteiger partial charge in [-0.15, -0.1) is 0 Å².